The third kappa shape index (κ3) is 5.82. The average Bonchev–Trinajstić information content (AvgIpc) is 3.11. The van der Waals surface area contributed by atoms with Gasteiger partial charge in [0.05, 0.1) is 11.4 Å². The summed E-state index contributed by atoms with van der Waals surface area (Å²) in [5.41, 5.74) is 2.60. The summed E-state index contributed by atoms with van der Waals surface area (Å²) in [6.45, 7) is -0.0990. The molecule has 1 aromatic heterocycles. The lowest BCUT2D eigenvalue weighted by atomic mass is 10.2. The molecule has 0 saturated heterocycles. The zero-order valence-corrected chi connectivity index (χ0v) is 16.9. The molecule has 0 aliphatic carbocycles. The van der Waals surface area contributed by atoms with Crippen molar-refractivity contribution in [1.29, 1.82) is 0 Å². The van der Waals surface area contributed by atoms with Gasteiger partial charge in [-0.2, -0.15) is 8.78 Å². The van der Waals surface area contributed by atoms with Crippen molar-refractivity contribution in [2.75, 3.05) is 11.9 Å². The first-order valence-electron chi connectivity index (χ1n) is 8.95. The maximum absolute atomic E-state index is 12.2. The molecule has 0 aliphatic rings. The summed E-state index contributed by atoms with van der Waals surface area (Å²) in [4.78, 5) is 20.4. The predicted octanol–water partition coefficient (Wildman–Crippen LogP) is 5.06. The van der Waals surface area contributed by atoms with Gasteiger partial charge in [0, 0.05) is 25.4 Å². The number of anilines is 2. The van der Waals surface area contributed by atoms with Crippen molar-refractivity contribution >= 4 is 28.1 Å². The first-order valence-corrected chi connectivity index (χ1v) is 9.83. The van der Waals surface area contributed by atoms with Gasteiger partial charge in [0.25, 0.3) is 0 Å². The lowest BCUT2D eigenvalue weighted by Gasteiger charge is -2.18. The van der Waals surface area contributed by atoms with Crippen LogP contribution >= 0.6 is 11.3 Å². The van der Waals surface area contributed by atoms with Crippen LogP contribution in [-0.4, -0.2) is 29.5 Å². The molecule has 3 rings (SSSR count). The van der Waals surface area contributed by atoms with Gasteiger partial charge in [-0.25, -0.2) is 4.98 Å². The Labute approximate surface area is 172 Å². The van der Waals surface area contributed by atoms with Crippen LogP contribution in [0.1, 0.15) is 18.2 Å². The van der Waals surface area contributed by atoms with E-state index in [-0.39, 0.29) is 11.7 Å². The zero-order chi connectivity index (χ0) is 20.8. The van der Waals surface area contributed by atoms with Gasteiger partial charge in [-0.15, -0.1) is 11.3 Å². The lowest BCUT2D eigenvalue weighted by Crippen LogP contribution is -2.23. The van der Waals surface area contributed by atoms with E-state index in [0.29, 0.717) is 18.2 Å². The van der Waals surface area contributed by atoms with Crippen molar-refractivity contribution in [2.45, 2.75) is 26.6 Å². The van der Waals surface area contributed by atoms with Gasteiger partial charge in [-0.05, 0) is 36.9 Å². The fraction of sp³-hybridized carbons (Fsp3) is 0.238. The molecule has 152 valence electrons. The summed E-state index contributed by atoms with van der Waals surface area (Å²) in [6, 6.07) is 16.0. The number of hydrogen-bond donors (Lipinski definition) is 0. The Hall–Kier alpha value is -2.84. The van der Waals surface area contributed by atoms with E-state index in [9.17, 15) is 13.6 Å². The molecule has 0 spiro atoms. The van der Waals surface area contributed by atoms with Crippen LogP contribution < -0.4 is 9.64 Å². The predicted molar refractivity (Wildman–Crippen MR) is 110 cm³/mol. The van der Waals surface area contributed by atoms with Crippen molar-refractivity contribution < 1.29 is 18.3 Å². The fourth-order valence-corrected chi connectivity index (χ4v) is 3.77. The van der Waals surface area contributed by atoms with Gasteiger partial charge in [0.2, 0.25) is 5.91 Å². The Bertz CT molecular complexity index is 933. The Morgan fingerprint density at radius 2 is 1.79 bits per heavy atom. The highest BCUT2D eigenvalue weighted by Gasteiger charge is 2.18. The number of para-hydroxylation sites is 1. The van der Waals surface area contributed by atoms with Crippen molar-refractivity contribution in [1.82, 2.24) is 9.88 Å². The number of thiazole rings is 1. The van der Waals surface area contributed by atoms with Crippen molar-refractivity contribution in [3.8, 4) is 5.75 Å². The summed E-state index contributed by atoms with van der Waals surface area (Å²) >= 11 is 1.42. The summed E-state index contributed by atoms with van der Waals surface area (Å²) in [7, 11) is 1.95. The van der Waals surface area contributed by atoms with Crippen molar-refractivity contribution in [3.05, 3.63) is 71.2 Å². The number of nitrogens with zero attached hydrogens (tertiary/aromatic N) is 3. The molecule has 1 heterocycles. The van der Waals surface area contributed by atoms with Crippen LogP contribution in [0.5, 0.6) is 5.75 Å². The summed E-state index contributed by atoms with van der Waals surface area (Å²) in [5.74, 6) is 0.0392. The molecule has 0 unspecified atom stereocenters. The van der Waals surface area contributed by atoms with Gasteiger partial charge in [-0.1, -0.05) is 30.3 Å². The second-order valence-electron chi connectivity index (χ2n) is 6.51. The number of aromatic nitrogens is 1. The maximum atomic E-state index is 12.2. The van der Waals surface area contributed by atoms with Crippen LogP contribution in [0.4, 0.5) is 19.6 Å². The minimum atomic E-state index is -2.83. The summed E-state index contributed by atoms with van der Waals surface area (Å²) in [6.07, 6.45) is 0. The van der Waals surface area contributed by atoms with E-state index in [1.807, 2.05) is 42.8 Å². The number of hydrogen-bond acceptors (Lipinski definition) is 5. The van der Waals surface area contributed by atoms with Gasteiger partial charge < -0.3 is 4.74 Å². The third-order valence-electron chi connectivity index (χ3n) is 4.09. The van der Waals surface area contributed by atoms with Crippen LogP contribution in [-0.2, 0) is 17.9 Å². The zero-order valence-electron chi connectivity index (χ0n) is 16.1. The Morgan fingerprint density at radius 3 is 2.41 bits per heavy atom. The number of amides is 1. The smallest absolute Gasteiger partial charge is 0.387 e. The Balaban J connectivity index is 1.64. The fourth-order valence-electron chi connectivity index (χ4n) is 2.90. The van der Waals surface area contributed by atoms with Crippen molar-refractivity contribution in [2.24, 2.45) is 0 Å². The Kier molecular flexibility index (Phi) is 6.90. The summed E-state index contributed by atoms with van der Waals surface area (Å²) < 4.78 is 28.8. The molecule has 0 atom stereocenters. The largest absolute Gasteiger partial charge is 0.435 e. The van der Waals surface area contributed by atoms with Crippen LogP contribution in [0.15, 0.2) is 60.0 Å². The molecule has 0 saturated carbocycles. The number of alkyl halides is 2. The van der Waals surface area contributed by atoms with Gasteiger partial charge >= 0.3 is 6.61 Å². The molecule has 2 aromatic carbocycles. The normalized spacial score (nSPS) is 11.1. The number of rotatable bonds is 8. The highest BCUT2D eigenvalue weighted by atomic mass is 32.1. The number of benzene rings is 2. The van der Waals surface area contributed by atoms with E-state index in [1.54, 1.807) is 17.0 Å². The monoisotopic (exact) mass is 417 g/mol. The van der Waals surface area contributed by atoms with E-state index in [4.69, 9.17) is 0 Å². The SMILES string of the molecule is CC(=O)N(c1ccccc1)c1nc(CN(C)Cc2ccc(OC(F)F)cc2)cs1. The minimum Gasteiger partial charge on any atom is -0.435 e. The molecular formula is C21H21F2N3O2S. The van der Waals surface area contributed by atoms with Gasteiger partial charge in [-0.3, -0.25) is 14.6 Å². The molecule has 8 heteroatoms. The topological polar surface area (TPSA) is 45.7 Å². The average molecular weight is 417 g/mol. The molecule has 0 aliphatic heterocycles. The highest BCUT2D eigenvalue weighted by Crippen LogP contribution is 2.29. The quantitative estimate of drug-likeness (QED) is 0.514. The first-order chi connectivity index (χ1) is 13.9. The van der Waals surface area contributed by atoms with Gasteiger partial charge in [0.15, 0.2) is 5.13 Å². The number of carbonyl (C=O) groups is 1. The highest BCUT2D eigenvalue weighted by molar-refractivity contribution is 7.14. The van der Waals surface area contributed by atoms with Gasteiger partial charge in [0.1, 0.15) is 5.75 Å². The summed E-state index contributed by atoms with van der Waals surface area (Å²) in [5, 5.41) is 2.56. The lowest BCUT2D eigenvalue weighted by molar-refractivity contribution is -0.115. The van der Waals surface area contributed by atoms with E-state index < -0.39 is 6.61 Å². The molecule has 0 N–H and O–H groups in total. The molecule has 3 aromatic rings. The van der Waals surface area contributed by atoms with E-state index >= 15 is 0 Å². The Morgan fingerprint density at radius 1 is 1.10 bits per heavy atom. The second kappa shape index (κ2) is 9.58. The van der Waals surface area contributed by atoms with Crippen LogP contribution in [0.2, 0.25) is 0 Å². The van der Waals surface area contributed by atoms with E-state index in [2.05, 4.69) is 14.6 Å². The molecule has 0 fully saturated rings. The molecule has 29 heavy (non-hydrogen) atoms. The van der Waals surface area contributed by atoms with Crippen LogP contribution in [0, 0.1) is 0 Å². The van der Waals surface area contributed by atoms with E-state index in [1.165, 1.54) is 30.4 Å². The number of ether oxygens (including phenoxy) is 1. The number of halogens is 2. The third-order valence-corrected chi connectivity index (χ3v) is 4.97. The van der Waals surface area contributed by atoms with Crippen LogP contribution in [0.25, 0.3) is 0 Å². The first kappa shape index (κ1) is 20.9. The molecule has 0 radical (unpaired) electrons. The number of carbonyl (C=O) groups excluding carboxylic acids is 1. The van der Waals surface area contributed by atoms with Crippen LogP contribution in [0.3, 0.4) is 0 Å². The molecule has 0 bridgehead atoms. The van der Waals surface area contributed by atoms with E-state index in [0.717, 1.165) is 16.9 Å². The standard InChI is InChI=1S/C21H21F2N3O2S/c1-15(27)26(18-6-4-3-5-7-18)21-24-17(14-29-21)13-25(2)12-16-8-10-19(11-9-16)28-20(22)23/h3-11,14,20H,12-13H2,1-2H3. The molecule has 1 amide bonds. The molecule has 5 nitrogen and oxygen atoms in total. The molecular weight excluding hydrogens is 396 g/mol. The maximum Gasteiger partial charge on any atom is 0.387 e. The second-order valence-corrected chi connectivity index (χ2v) is 7.34. The van der Waals surface area contributed by atoms with Crippen molar-refractivity contribution in [3.63, 3.8) is 0 Å². The minimum absolute atomic E-state index is 0.100.